The molecule has 104 valence electrons. The first kappa shape index (κ1) is 13.2. The summed E-state index contributed by atoms with van der Waals surface area (Å²) < 4.78 is 1.64. The topological polar surface area (TPSA) is 47.8 Å². The highest BCUT2D eigenvalue weighted by Crippen LogP contribution is 2.24. The van der Waals surface area contributed by atoms with Crippen LogP contribution in [0.3, 0.4) is 0 Å². The fourth-order valence-corrected chi connectivity index (χ4v) is 2.42. The Morgan fingerprint density at radius 2 is 1.86 bits per heavy atom. The highest BCUT2D eigenvalue weighted by Gasteiger charge is 2.12. The Labute approximate surface area is 123 Å². The smallest absolute Gasteiger partial charge is 0.153 e. The van der Waals surface area contributed by atoms with Gasteiger partial charge in [0, 0.05) is 18.0 Å². The van der Waals surface area contributed by atoms with Gasteiger partial charge in [-0.05, 0) is 38.1 Å². The molecule has 0 saturated heterocycles. The predicted molar refractivity (Wildman–Crippen MR) is 81.7 cm³/mol. The van der Waals surface area contributed by atoms with Gasteiger partial charge in [-0.25, -0.2) is 9.67 Å². The molecule has 0 atom stereocenters. The van der Waals surface area contributed by atoms with Gasteiger partial charge < -0.3 is 0 Å². The maximum Gasteiger partial charge on any atom is 0.153 e. The van der Waals surface area contributed by atoms with Crippen molar-refractivity contribution < 1.29 is 4.79 Å². The van der Waals surface area contributed by atoms with Gasteiger partial charge in [0.15, 0.2) is 12.1 Å². The van der Waals surface area contributed by atoms with Crippen molar-refractivity contribution in [2.75, 3.05) is 0 Å². The Bertz CT molecular complexity index is 771. The van der Waals surface area contributed by atoms with Gasteiger partial charge in [-0.15, -0.1) is 0 Å². The molecule has 1 aromatic carbocycles. The van der Waals surface area contributed by atoms with E-state index < -0.39 is 0 Å². The predicted octanol–water partition coefficient (Wildman–Crippen LogP) is 3.36. The molecule has 0 radical (unpaired) electrons. The van der Waals surface area contributed by atoms with Gasteiger partial charge in [0.25, 0.3) is 0 Å². The number of hydrogen-bond acceptors (Lipinski definition) is 3. The minimum Gasteiger partial charge on any atom is -0.298 e. The number of hydrogen-bond donors (Lipinski definition) is 0. The molecule has 0 fully saturated rings. The molecule has 2 aromatic heterocycles. The zero-order valence-electron chi connectivity index (χ0n) is 11.9. The molecule has 0 aliphatic heterocycles. The Balaban J connectivity index is 2.14. The summed E-state index contributed by atoms with van der Waals surface area (Å²) in [6.45, 7) is 4.07. The molecule has 21 heavy (non-hydrogen) atoms. The Kier molecular flexibility index (Phi) is 3.36. The molecule has 3 rings (SSSR count). The van der Waals surface area contributed by atoms with Gasteiger partial charge in [-0.3, -0.25) is 4.79 Å². The van der Waals surface area contributed by atoms with Crippen molar-refractivity contribution >= 4 is 6.29 Å². The van der Waals surface area contributed by atoms with Gasteiger partial charge in [0.2, 0.25) is 0 Å². The second-order valence-corrected chi connectivity index (χ2v) is 5.06. The van der Waals surface area contributed by atoms with E-state index in [1.54, 1.807) is 17.1 Å². The first-order valence-electron chi connectivity index (χ1n) is 6.72. The second kappa shape index (κ2) is 5.32. The zero-order valence-corrected chi connectivity index (χ0v) is 11.9. The minimum absolute atomic E-state index is 0.561. The monoisotopic (exact) mass is 277 g/mol. The fourth-order valence-electron chi connectivity index (χ4n) is 2.42. The summed E-state index contributed by atoms with van der Waals surface area (Å²) in [5.41, 5.74) is 4.49. The number of aryl methyl sites for hydroxylation is 2. The van der Waals surface area contributed by atoms with Crippen molar-refractivity contribution in [2.24, 2.45) is 0 Å². The Morgan fingerprint density at radius 1 is 1.10 bits per heavy atom. The van der Waals surface area contributed by atoms with E-state index >= 15 is 0 Å². The molecule has 4 nitrogen and oxygen atoms in total. The van der Waals surface area contributed by atoms with Crippen molar-refractivity contribution in [2.45, 2.75) is 13.8 Å². The van der Waals surface area contributed by atoms with Crippen LogP contribution in [0.25, 0.3) is 17.1 Å². The van der Waals surface area contributed by atoms with E-state index in [9.17, 15) is 4.79 Å². The number of benzene rings is 1. The van der Waals surface area contributed by atoms with Crippen LogP contribution in [0.1, 0.15) is 21.5 Å². The lowest BCUT2D eigenvalue weighted by Gasteiger charge is -2.03. The van der Waals surface area contributed by atoms with Crippen LogP contribution in [-0.4, -0.2) is 21.1 Å². The molecule has 3 aromatic rings. The van der Waals surface area contributed by atoms with Crippen LogP contribution in [0.2, 0.25) is 0 Å². The Morgan fingerprint density at radius 3 is 2.48 bits per heavy atom. The molecular formula is C17H15N3O. The quantitative estimate of drug-likeness (QED) is 0.690. The molecule has 0 N–H and O–H groups in total. The summed E-state index contributed by atoms with van der Waals surface area (Å²) in [6, 6.07) is 11.8. The average Bonchev–Trinajstić information content (AvgIpc) is 2.91. The van der Waals surface area contributed by atoms with E-state index in [2.05, 4.69) is 16.1 Å². The van der Waals surface area contributed by atoms with Crippen LogP contribution in [0.15, 0.2) is 48.8 Å². The minimum atomic E-state index is 0.561. The van der Waals surface area contributed by atoms with E-state index in [-0.39, 0.29) is 0 Å². The zero-order chi connectivity index (χ0) is 14.8. The molecule has 0 bridgehead atoms. The molecule has 0 unspecified atom stereocenters. The summed E-state index contributed by atoms with van der Waals surface area (Å²) in [7, 11) is 0. The third-order valence-electron chi connectivity index (χ3n) is 3.25. The van der Waals surface area contributed by atoms with E-state index in [1.807, 2.05) is 44.2 Å². The standard InChI is InChI=1S/C17H15N3O/c1-12-7-13(2)9-14(8-12)17-15(11-21)10-20(19-17)16-5-3-4-6-18-16/h3-11H,1-2H3. The van der Waals surface area contributed by atoms with Gasteiger partial charge in [0.1, 0.15) is 5.69 Å². The lowest BCUT2D eigenvalue weighted by atomic mass is 10.0. The van der Waals surface area contributed by atoms with Gasteiger partial charge in [-0.1, -0.05) is 23.3 Å². The van der Waals surface area contributed by atoms with E-state index in [0.29, 0.717) is 17.1 Å². The van der Waals surface area contributed by atoms with Gasteiger partial charge in [-0.2, -0.15) is 5.10 Å². The van der Waals surface area contributed by atoms with Crippen molar-refractivity contribution in [1.29, 1.82) is 0 Å². The molecule has 0 spiro atoms. The molecule has 0 amide bonds. The van der Waals surface area contributed by atoms with Crippen molar-refractivity contribution in [3.63, 3.8) is 0 Å². The average molecular weight is 277 g/mol. The summed E-state index contributed by atoms with van der Waals surface area (Å²) in [4.78, 5) is 15.6. The molecule has 0 aliphatic carbocycles. The number of carbonyl (C=O) groups excluding carboxylic acids is 1. The molecule has 0 saturated carbocycles. The van der Waals surface area contributed by atoms with Crippen molar-refractivity contribution in [1.82, 2.24) is 14.8 Å². The lowest BCUT2D eigenvalue weighted by Crippen LogP contribution is -1.97. The Hall–Kier alpha value is -2.75. The van der Waals surface area contributed by atoms with Crippen molar-refractivity contribution in [3.05, 3.63) is 65.5 Å². The van der Waals surface area contributed by atoms with Crippen LogP contribution >= 0.6 is 0 Å². The first-order chi connectivity index (χ1) is 10.2. The van der Waals surface area contributed by atoms with Crippen LogP contribution < -0.4 is 0 Å². The lowest BCUT2D eigenvalue weighted by molar-refractivity contribution is 0.112. The van der Waals surface area contributed by atoms with Crippen molar-refractivity contribution in [3.8, 4) is 17.1 Å². The number of aromatic nitrogens is 3. The first-order valence-corrected chi connectivity index (χ1v) is 6.72. The number of aldehydes is 1. The highest BCUT2D eigenvalue weighted by atomic mass is 16.1. The number of carbonyl (C=O) groups is 1. The normalized spacial score (nSPS) is 10.6. The van der Waals surface area contributed by atoms with E-state index in [1.165, 1.54) is 0 Å². The molecule has 0 aliphatic rings. The summed E-state index contributed by atoms with van der Waals surface area (Å²) in [5, 5.41) is 4.53. The SMILES string of the molecule is Cc1cc(C)cc(-c2nn(-c3ccccn3)cc2C=O)c1. The second-order valence-electron chi connectivity index (χ2n) is 5.06. The highest BCUT2D eigenvalue weighted by molar-refractivity contribution is 5.85. The maximum atomic E-state index is 11.3. The van der Waals surface area contributed by atoms with Gasteiger partial charge >= 0.3 is 0 Å². The number of rotatable bonds is 3. The molecular weight excluding hydrogens is 262 g/mol. The van der Waals surface area contributed by atoms with Gasteiger partial charge in [0.05, 0.1) is 5.56 Å². The fraction of sp³-hybridized carbons (Fsp3) is 0.118. The number of nitrogens with zero attached hydrogens (tertiary/aromatic N) is 3. The van der Waals surface area contributed by atoms with Crippen LogP contribution in [0, 0.1) is 13.8 Å². The molecule has 2 heterocycles. The largest absolute Gasteiger partial charge is 0.298 e. The maximum absolute atomic E-state index is 11.3. The summed E-state index contributed by atoms with van der Waals surface area (Å²) in [5.74, 6) is 0.691. The third-order valence-corrected chi connectivity index (χ3v) is 3.25. The van der Waals surface area contributed by atoms with E-state index in [0.717, 1.165) is 23.0 Å². The van der Waals surface area contributed by atoms with Crippen LogP contribution in [-0.2, 0) is 0 Å². The summed E-state index contributed by atoms with van der Waals surface area (Å²) in [6.07, 6.45) is 4.25. The number of pyridine rings is 1. The van der Waals surface area contributed by atoms with E-state index in [4.69, 9.17) is 0 Å². The summed E-state index contributed by atoms with van der Waals surface area (Å²) >= 11 is 0. The third kappa shape index (κ3) is 2.60. The molecule has 4 heteroatoms. The van der Waals surface area contributed by atoms with Crippen LogP contribution in [0.4, 0.5) is 0 Å². The van der Waals surface area contributed by atoms with Crippen LogP contribution in [0.5, 0.6) is 0 Å².